The Kier molecular flexibility index (Phi) is 3.76. The monoisotopic (exact) mass is 251 g/mol. The lowest BCUT2D eigenvalue weighted by molar-refractivity contribution is 0.0866. The summed E-state index contributed by atoms with van der Waals surface area (Å²) in [5.41, 5.74) is 1.58. The van der Waals surface area contributed by atoms with Crippen molar-refractivity contribution >= 4 is 5.91 Å². The van der Waals surface area contributed by atoms with Crippen molar-refractivity contribution in [3.8, 4) is 0 Å². The molecule has 2 rings (SSSR count). The number of hydrogen-bond donors (Lipinski definition) is 2. The molecule has 1 amide bonds. The summed E-state index contributed by atoms with van der Waals surface area (Å²) in [5.74, 6) is 1.43. The smallest absolute Gasteiger partial charge is 0.255 e. The van der Waals surface area contributed by atoms with Crippen molar-refractivity contribution < 1.29 is 14.3 Å². The van der Waals surface area contributed by atoms with Crippen molar-refractivity contribution in [2.45, 2.75) is 58.6 Å². The highest BCUT2D eigenvalue weighted by molar-refractivity contribution is 5.97. The van der Waals surface area contributed by atoms with Crippen molar-refractivity contribution in [3.63, 3.8) is 0 Å². The van der Waals surface area contributed by atoms with Crippen LogP contribution >= 0.6 is 0 Å². The third-order valence-corrected chi connectivity index (χ3v) is 3.82. The van der Waals surface area contributed by atoms with Crippen molar-refractivity contribution in [2.24, 2.45) is 0 Å². The van der Waals surface area contributed by atoms with E-state index < -0.39 is 0 Å². The first-order valence-corrected chi connectivity index (χ1v) is 6.54. The highest BCUT2D eigenvalue weighted by Crippen LogP contribution is 2.22. The second kappa shape index (κ2) is 5.14. The molecule has 1 heterocycles. The topological polar surface area (TPSA) is 62.5 Å². The first kappa shape index (κ1) is 13.1. The van der Waals surface area contributed by atoms with Crippen molar-refractivity contribution in [2.75, 3.05) is 0 Å². The van der Waals surface area contributed by atoms with E-state index in [1.165, 1.54) is 0 Å². The molecule has 1 aliphatic carbocycles. The van der Waals surface area contributed by atoms with E-state index in [9.17, 15) is 9.90 Å². The van der Waals surface area contributed by atoms with Crippen LogP contribution in [0.25, 0.3) is 0 Å². The molecule has 1 aromatic rings. The fraction of sp³-hybridized carbons (Fsp3) is 0.643. The van der Waals surface area contributed by atoms with Crippen LogP contribution in [0.15, 0.2) is 4.42 Å². The van der Waals surface area contributed by atoms with Gasteiger partial charge >= 0.3 is 0 Å². The SMILES string of the molecule is Cc1oc(C)c(C(=O)NC2CCC(O)CC2)c1C. The maximum absolute atomic E-state index is 12.2. The molecule has 1 fully saturated rings. The van der Waals surface area contributed by atoms with E-state index in [0.717, 1.165) is 37.0 Å². The largest absolute Gasteiger partial charge is 0.466 e. The van der Waals surface area contributed by atoms with E-state index >= 15 is 0 Å². The van der Waals surface area contributed by atoms with Gasteiger partial charge in [-0.3, -0.25) is 4.79 Å². The third kappa shape index (κ3) is 2.58. The zero-order valence-corrected chi connectivity index (χ0v) is 11.2. The Bertz CT molecular complexity index is 442. The minimum Gasteiger partial charge on any atom is -0.466 e. The maximum Gasteiger partial charge on any atom is 0.255 e. The van der Waals surface area contributed by atoms with Gasteiger partial charge in [0, 0.05) is 11.6 Å². The molecule has 2 N–H and O–H groups in total. The van der Waals surface area contributed by atoms with Gasteiger partial charge in [-0.25, -0.2) is 0 Å². The maximum atomic E-state index is 12.2. The second-order valence-electron chi connectivity index (χ2n) is 5.19. The van der Waals surface area contributed by atoms with Crippen LogP contribution in [0.1, 0.15) is 53.1 Å². The van der Waals surface area contributed by atoms with Crippen LogP contribution in [-0.2, 0) is 0 Å². The Labute approximate surface area is 107 Å². The average Bonchev–Trinajstić information content (AvgIpc) is 2.56. The van der Waals surface area contributed by atoms with E-state index in [-0.39, 0.29) is 18.1 Å². The predicted molar refractivity (Wildman–Crippen MR) is 68.6 cm³/mol. The van der Waals surface area contributed by atoms with E-state index in [1.807, 2.05) is 20.8 Å². The summed E-state index contributed by atoms with van der Waals surface area (Å²) in [6, 6.07) is 0.176. The van der Waals surface area contributed by atoms with Crippen LogP contribution in [0.5, 0.6) is 0 Å². The van der Waals surface area contributed by atoms with Crippen LogP contribution in [0, 0.1) is 20.8 Å². The van der Waals surface area contributed by atoms with Crippen LogP contribution in [0.4, 0.5) is 0 Å². The summed E-state index contributed by atoms with van der Waals surface area (Å²) in [4.78, 5) is 12.2. The summed E-state index contributed by atoms with van der Waals surface area (Å²) >= 11 is 0. The summed E-state index contributed by atoms with van der Waals surface area (Å²) < 4.78 is 5.47. The Hall–Kier alpha value is -1.29. The van der Waals surface area contributed by atoms with E-state index in [2.05, 4.69) is 5.32 Å². The molecule has 4 heteroatoms. The summed E-state index contributed by atoms with van der Waals surface area (Å²) in [6.07, 6.45) is 3.04. The lowest BCUT2D eigenvalue weighted by atomic mass is 9.93. The molecule has 0 unspecified atom stereocenters. The van der Waals surface area contributed by atoms with Gasteiger partial charge in [-0.2, -0.15) is 0 Å². The number of carbonyl (C=O) groups is 1. The molecule has 0 atom stereocenters. The molecule has 1 aromatic heterocycles. The Morgan fingerprint density at radius 2 is 1.78 bits per heavy atom. The number of aryl methyl sites for hydroxylation is 2. The van der Waals surface area contributed by atoms with Gasteiger partial charge in [0.2, 0.25) is 0 Å². The molecular weight excluding hydrogens is 230 g/mol. The van der Waals surface area contributed by atoms with Gasteiger partial charge in [0.05, 0.1) is 11.7 Å². The normalized spacial score (nSPS) is 24.0. The Balaban J connectivity index is 2.04. The summed E-state index contributed by atoms with van der Waals surface area (Å²) in [7, 11) is 0. The molecule has 100 valence electrons. The fourth-order valence-corrected chi connectivity index (χ4v) is 2.61. The Morgan fingerprint density at radius 1 is 1.17 bits per heavy atom. The highest BCUT2D eigenvalue weighted by Gasteiger charge is 2.24. The van der Waals surface area contributed by atoms with Crippen molar-refractivity contribution in [1.82, 2.24) is 5.32 Å². The lowest BCUT2D eigenvalue weighted by Gasteiger charge is -2.26. The van der Waals surface area contributed by atoms with Gasteiger partial charge in [-0.15, -0.1) is 0 Å². The van der Waals surface area contributed by atoms with Gasteiger partial charge in [-0.1, -0.05) is 0 Å². The van der Waals surface area contributed by atoms with Crippen LogP contribution in [0.3, 0.4) is 0 Å². The third-order valence-electron chi connectivity index (χ3n) is 3.82. The molecule has 0 aliphatic heterocycles. The zero-order valence-electron chi connectivity index (χ0n) is 11.2. The molecular formula is C14H21NO3. The molecule has 0 aromatic carbocycles. The molecule has 0 saturated heterocycles. The predicted octanol–water partition coefficient (Wildman–Crippen LogP) is 2.24. The van der Waals surface area contributed by atoms with Gasteiger partial charge < -0.3 is 14.8 Å². The van der Waals surface area contributed by atoms with E-state index in [4.69, 9.17) is 4.42 Å². The summed E-state index contributed by atoms with van der Waals surface area (Å²) in [5, 5.41) is 12.5. The van der Waals surface area contributed by atoms with Gasteiger partial charge in [0.25, 0.3) is 5.91 Å². The molecule has 18 heavy (non-hydrogen) atoms. The Morgan fingerprint density at radius 3 is 2.28 bits per heavy atom. The first-order valence-electron chi connectivity index (χ1n) is 6.54. The van der Waals surface area contributed by atoms with Gasteiger partial charge in [0.15, 0.2) is 0 Å². The average molecular weight is 251 g/mol. The van der Waals surface area contributed by atoms with Crippen LogP contribution in [0.2, 0.25) is 0 Å². The number of amides is 1. The number of aliphatic hydroxyl groups is 1. The first-order chi connectivity index (χ1) is 8.49. The second-order valence-corrected chi connectivity index (χ2v) is 5.19. The molecule has 0 spiro atoms. The molecule has 1 saturated carbocycles. The fourth-order valence-electron chi connectivity index (χ4n) is 2.61. The van der Waals surface area contributed by atoms with Crippen LogP contribution < -0.4 is 5.32 Å². The number of furan rings is 1. The van der Waals surface area contributed by atoms with Crippen molar-refractivity contribution in [3.05, 3.63) is 22.6 Å². The van der Waals surface area contributed by atoms with Crippen LogP contribution in [-0.4, -0.2) is 23.2 Å². The number of carbonyl (C=O) groups excluding carboxylic acids is 1. The minimum absolute atomic E-state index is 0.0526. The zero-order chi connectivity index (χ0) is 13.3. The molecule has 0 radical (unpaired) electrons. The summed E-state index contributed by atoms with van der Waals surface area (Å²) in [6.45, 7) is 5.60. The molecule has 0 bridgehead atoms. The molecule has 1 aliphatic rings. The van der Waals surface area contributed by atoms with Gasteiger partial charge in [0.1, 0.15) is 11.5 Å². The van der Waals surface area contributed by atoms with E-state index in [1.54, 1.807) is 0 Å². The molecule has 4 nitrogen and oxygen atoms in total. The highest BCUT2D eigenvalue weighted by atomic mass is 16.3. The quantitative estimate of drug-likeness (QED) is 0.847. The standard InChI is InChI=1S/C14H21NO3/c1-8-9(2)18-10(3)13(8)14(17)15-11-4-6-12(16)7-5-11/h11-12,16H,4-7H2,1-3H3,(H,15,17). The number of rotatable bonds is 2. The van der Waals surface area contributed by atoms with Crippen molar-refractivity contribution in [1.29, 1.82) is 0 Å². The number of aliphatic hydroxyl groups excluding tert-OH is 1. The number of hydrogen-bond acceptors (Lipinski definition) is 3. The minimum atomic E-state index is -0.196. The number of nitrogens with one attached hydrogen (secondary N) is 1. The van der Waals surface area contributed by atoms with E-state index in [0.29, 0.717) is 11.3 Å². The van der Waals surface area contributed by atoms with Gasteiger partial charge in [-0.05, 0) is 46.5 Å². The lowest BCUT2D eigenvalue weighted by Crippen LogP contribution is -2.38.